The molecule has 26 heavy (non-hydrogen) atoms. The number of hydrogen-bond donors (Lipinski definition) is 3. The molecule has 7 nitrogen and oxygen atoms in total. The number of hydrazine groups is 1. The van der Waals surface area contributed by atoms with Crippen molar-refractivity contribution in [1.29, 1.82) is 0 Å². The number of fused-ring (bicyclic) bond motifs is 1. The van der Waals surface area contributed by atoms with Gasteiger partial charge >= 0.3 is 5.97 Å². The number of nitrogens with one attached hydrogen (secondary N) is 2. The highest BCUT2D eigenvalue weighted by atomic mass is 16.5. The van der Waals surface area contributed by atoms with E-state index in [1.54, 1.807) is 6.20 Å². The van der Waals surface area contributed by atoms with E-state index in [0.717, 1.165) is 29.8 Å². The van der Waals surface area contributed by atoms with Crippen LogP contribution in [-0.4, -0.2) is 28.7 Å². The van der Waals surface area contributed by atoms with Crippen molar-refractivity contribution in [2.24, 2.45) is 0 Å². The van der Waals surface area contributed by atoms with Crippen LogP contribution in [0.4, 0.5) is 0 Å². The molecule has 136 valence electrons. The second-order valence-electron chi connectivity index (χ2n) is 6.55. The van der Waals surface area contributed by atoms with E-state index in [2.05, 4.69) is 15.8 Å². The number of aryl methyl sites for hydroxylation is 1. The maximum atomic E-state index is 11.1. The Bertz CT molecular complexity index is 788. The lowest BCUT2D eigenvalue weighted by atomic mass is 10.0. The van der Waals surface area contributed by atoms with Crippen LogP contribution in [0.5, 0.6) is 11.5 Å². The van der Waals surface area contributed by atoms with Crippen LogP contribution in [0.15, 0.2) is 36.5 Å². The van der Waals surface area contributed by atoms with Crippen LogP contribution >= 0.6 is 0 Å². The van der Waals surface area contributed by atoms with Gasteiger partial charge in [0.05, 0.1) is 17.9 Å². The van der Waals surface area contributed by atoms with E-state index >= 15 is 0 Å². The normalized spacial score (nSPS) is 21.7. The van der Waals surface area contributed by atoms with Crippen molar-refractivity contribution < 1.29 is 19.4 Å². The lowest BCUT2D eigenvalue weighted by Crippen LogP contribution is -2.30. The Labute approximate surface area is 151 Å². The minimum Gasteiger partial charge on any atom is -0.487 e. The summed E-state index contributed by atoms with van der Waals surface area (Å²) in [6, 6.07) is 9.95. The number of aromatic nitrogens is 1. The topological polar surface area (TPSA) is 92.7 Å². The molecule has 1 aromatic carbocycles. The predicted molar refractivity (Wildman–Crippen MR) is 93.9 cm³/mol. The van der Waals surface area contributed by atoms with E-state index in [1.807, 2.05) is 30.3 Å². The highest BCUT2D eigenvalue weighted by Gasteiger charge is 2.25. The zero-order chi connectivity index (χ0) is 17.9. The van der Waals surface area contributed by atoms with Crippen LogP contribution in [0, 0.1) is 0 Å². The van der Waals surface area contributed by atoms with Gasteiger partial charge in [-0.3, -0.25) is 10.4 Å². The number of nitrogens with zero attached hydrogens (tertiary/aromatic N) is 1. The number of benzene rings is 1. The van der Waals surface area contributed by atoms with Crippen molar-refractivity contribution in [3.05, 3.63) is 53.3 Å². The number of hydrogen-bond acceptors (Lipinski definition) is 6. The highest BCUT2D eigenvalue weighted by Crippen LogP contribution is 2.29. The molecule has 1 saturated heterocycles. The van der Waals surface area contributed by atoms with Gasteiger partial charge in [0.15, 0.2) is 6.10 Å². The average molecular weight is 355 g/mol. The van der Waals surface area contributed by atoms with Gasteiger partial charge in [0, 0.05) is 6.54 Å². The van der Waals surface area contributed by atoms with Crippen molar-refractivity contribution >= 4 is 5.97 Å². The second-order valence-corrected chi connectivity index (χ2v) is 6.55. The number of pyridine rings is 1. The first kappa shape index (κ1) is 16.8. The predicted octanol–water partition coefficient (Wildman–Crippen LogP) is 1.98. The smallest absolute Gasteiger partial charge is 0.344 e. The molecule has 1 aromatic heterocycles. The molecule has 4 rings (SSSR count). The first-order valence-corrected chi connectivity index (χ1v) is 8.77. The van der Waals surface area contributed by atoms with E-state index in [1.165, 1.54) is 0 Å². The summed E-state index contributed by atoms with van der Waals surface area (Å²) in [5.74, 6) is 0.412. The molecule has 0 spiro atoms. The maximum Gasteiger partial charge on any atom is 0.344 e. The number of ether oxygens (including phenoxy) is 2. The molecule has 3 N–H and O–H groups in total. The molecule has 0 saturated carbocycles. The molecule has 2 aliphatic heterocycles. The van der Waals surface area contributed by atoms with E-state index in [-0.39, 0.29) is 6.04 Å². The van der Waals surface area contributed by atoms with Gasteiger partial charge < -0.3 is 14.6 Å². The number of carbonyl (C=O) groups is 1. The zero-order valence-corrected chi connectivity index (χ0v) is 14.3. The average Bonchev–Trinajstić information content (AvgIpc) is 3.21. The third kappa shape index (κ3) is 3.63. The van der Waals surface area contributed by atoms with Crippen molar-refractivity contribution in [1.82, 2.24) is 15.8 Å². The van der Waals surface area contributed by atoms with Gasteiger partial charge in [-0.2, -0.15) is 0 Å². The molecule has 2 unspecified atom stereocenters. The Hall–Kier alpha value is -2.64. The minimum absolute atomic E-state index is 0.240. The molecule has 3 heterocycles. The summed E-state index contributed by atoms with van der Waals surface area (Å²) >= 11 is 0. The van der Waals surface area contributed by atoms with Crippen LogP contribution in [0.25, 0.3) is 0 Å². The van der Waals surface area contributed by atoms with Crippen LogP contribution in [0.2, 0.25) is 0 Å². The fourth-order valence-corrected chi connectivity index (χ4v) is 3.23. The quantitative estimate of drug-likeness (QED) is 0.755. The fourth-order valence-electron chi connectivity index (χ4n) is 3.23. The van der Waals surface area contributed by atoms with E-state index < -0.39 is 12.1 Å². The Morgan fingerprint density at radius 1 is 1.31 bits per heavy atom. The van der Waals surface area contributed by atoms with E-state index in [9.17, 15) is 4.79 Å². The molecule has 1 fully saturated rings. The molecule has 7 heteroatoms. The summed E-state index contributed by atoms with van der Waals surface area (Å²) in [7, 11) is 0. The zero-order valence-electron chi connectivity index (χ0n) is 14.3. The maximum absolute atomic E-state index is 11.1. The molecule has 2 atom stereocenters. The van der Waals surface area contributed by atoms with Crippen molar-refractivity contribution in [2.45, 2.75) is 38.0 Å². The van der Waals surface area contributed by atoms with Crippen molar-refractivity contribution in [3.63, 3.8) is 0 Å². The van der Waals surface area contributed by atoms with Gasteiger partial charge in [0.2, 0.25) is 0 Å². The summed E-state index contributed by atoms with van der Waals surface area (Å²) in [6.45, 7) is 1.31. The molecule has 0 radical (unpaired) electrons. The Balaban J connectivity index is 1.39. The van der Waals surface area contributed by atoms with E-state index in [0.29, 0.717) is 30.9 Å². The van der Waals surface area contributed by atoms with Crippen LogP contribution < -0.4 is 20.3 Å². The Morgan fingerprint density at radius 3 is 2.96 bits per heavy atom. The van der Waals surface area contributed by atoms with Gasteiger partial charge in [0.1, 0.15) is 18.1 Å². The summed E-state index contributed by atoms with van der Waals surface area (Å²) in [4.78, 5) is 15.6. The monoisotopic (exact) mass is 355 g/mol. The lowest BCUT2D eigenvalue weighted by molar-refractivity contribution is -0.145. The van der Waals surface area contributed by atoms with Crippen LogP contribution in [0.3, 0.4) is 0 Å². The van der Waals surface area contributed by atoms with Gasteiger partial charge in [0.25, 0.3) is 0 Å². The standard InChI is InChI=1S/C19H21N3O4/c23-19(24)17-6-3-13-2-1-12(9-18(13)26-17)11-25-14-4-5-15(20-10-14)16-7-8-21-22-16/h1-2,4-5,9-10,16-17,21-22H,3,6-8,11H2,(H,23,24). The first-order chi connectivity index (χ1) is 12.7. The summed E-state index contributed by atoms with van der Waals surface area (Å²) < 4.78 is 11.4. The van der Waals surface area contributed by atoms with Crippen molar-refractivity contribution in [2.75, 3.05) is 6.54 Å². The number of aliphatic carboxylic acids is 1. The Kier molecular flexibility index (Phi) is 4.73. The van der Waals surface area contributed by atoms with Gasteiger partial charge in [-0.15, -0.1) is 0 Å². The summed E-state index contributed by atoms with van der Waals surface area (Å²) in [5, 5.41) is 9.12. The fraction of sp³-hybridized carbons (Fsp3) is 0.368. The number of rotatable bonds is 5. The summed E-state index contributed by atoms with van der Waals surface area (Å²) in [5.41, 5.74) is 9.24. The van der Waals surface area contributed by atoms with Gasteiger partial charge in [-0.1, -0.05) is 12.1 Å². The molecule has 0 bridgehead atoms. The minimum atomic E-state index is -0.921. The highest BCUT2D eigenvalue weighted by molar-refractivity contribution is 5.73. The van der Waals surface area contributed by atoms with Crippen LogP contribution in [0.1, 0.15) is 35.7 Å². The molecule has 0 aliphatic carbocycles. The third-order valence-electron chi connectivity index (χ3n) is 4.71. The molecule has 0 amide bonds. The van der Waals surface area contributed by atoms with Crippen LogP contribution in [-0.2, 0) is 17.8 Å². The van der Waals surface area contributed by atoms with Crippen molar-refractivity contribution in [3.8, 4) is 11.5 Å². The first-order valence-electron chi connectivity index (χ1n) is 8.77. The SMILES string of the molecule is O=C(O)C1CCc2ccc(COc3ccc(C4CCNN4)nc3)cc2O1. The van der Waals surface area contributed by atoms with Gasteiger partial charge in [-0.05, 0) is 48.6 Å². The largest absolute Gasteiger partial charge is 0.487 e. The van der Waals surface area contributed by atoms with Gasteiger partial charge in [-0.25, -0.2) is 10.2 Å². The third-order valence-corrected chi connectivity index (χ3v) is 4.71. The number of carboxylic acid groups (broad SMARTS) is 1. The molecule has 2 aromatic rings. The second kappa shape index (κ2) is 7.31. The Morgan fingerprint density at radius 2 is 2.23 bits per heavy atom. The summed E-state index contributed by atoms with van der Waals surface area (Å²) in [6.07, 6.45) is 3.18. The lowest BCUT2D eigenvalue weighted by Gasteiger charge is -2.23. The molecular weight excluding hydrogens is 334 g/mol. The molecule has 2 aliphatic rings. The van der Waals surface area contributed by atoms with E-state index in [4.69, 9.17) is 14.6 Å². The molecular formula is C19H21N3O4. The number of carboxylic acids is 1.